The number of sulfonamides is 1. The number of hydrogen-bond acceptors (Lipinski definition) is 3. The first-order valence-electron chi connectivity index (χ1n) is 6.18. The lowest BCUT2D eigenvalue weighted by molar-refractivity contribution is 0.399. The van der Waals surface area contributed by atoms with E-state index in [1.807, 2.05) is 0 Å². The molecule has 1 aromatic carbocycles. The lowest BCUT2D eigenvalue weighted by atomic mass is 10.0. The Morgan fingerprint density at radius 3 is 2.05 bits per heavy atom. The summed E-state index contributed by atoms with van der Waals surface area (Å²) in [6.45, 7) is 0.245. The van der Waals surface area contributed by atoms with Gasteiger partial charge in [0.05, 0.1) is 10.0 Å². The molecule has 0 saturated heterocycles. The molecule has 1 saturated carbocycles. The molecule has 3 N–H and O–H groups in total. The molecule has 0 atom stereocenters. The van der Waals surface area contributed by atoms with Gasteiger partial charge in [0.25, 0.3) is 0 Å². The minimum absolute atomic E-state index is 0. The van der Waals surface area contributed by atoms with E-state index < -0.39 is 15.6 Å². The van der Waals surface area contributed by atoms with Crippen LogP contribution in [0.4, 0.5) is 0 Å². The van der Waals surface area contributed by atoms with Crippen molar-refractivity contribution in [1.82, 2.24) is 4.72 Å². The van der Waals surface area contributed by atoms with E-state index >= 15 is 0 Å². The molecule has 1 aliphatic rings. The summed E-state index contributed by atoms with van der Waals surface area (Å²) >= 11 is 17.7. The Morgan fingerprint density at radius 2 is 1.62 bits per heavy atom. The van der Waals surface area contributed by atoms with Gasteiger partial charge in [0.15, 0.2) is 0 Å². The van der Waals surface area contributed by atoms with E-state index in [2.05, 4.69) is 4.72 Å². The first-order valence-corrected chi connectivity index (χ1v) is 8.80. The molecule has 0 spiro atoms. The predicted octanol–water partition coefficient (Wildman–Crippen LogP) is 3.62. The van der Waals surface area contributed by atoms with Crippen molar-refractivity contribution in [1.29, 1.82) is 0 Å². The number of nitrogens with one attached hydrogen (secondary N) is 1. The lowest BCUT2D eigenvalue weighted by Crippen LogP contribution is -2.51. The largest absolute Gasteiger partial charge is 0.329 e. The molecule has 1 fully saturated rings. The van der Waals surface area contributed by atoms with Gasteiger partial charge in [-0.25, -0.2) is 13.1 Å². The molecule has 2 rings (SSSR count). The Balaban J connectivity index is 0.00000220. The summed E-state index contributed by atoms with van der Waals surface area (Å²) in [5.41, 5.74) is 5.13. The van der Waals surface area contributed by atoms with Crippen molar-refractivity contribution in [2.45, 2.75) is 36.1 Å². The van der Waals surface area contributed by atoms with Gasteiger partial charge in [-0.1, -0.05) is 47.6 Å². The normalized spacial score (nSPS) is 17.5. The minimum atomic E-state index is -3.84. The molecular weight excluding hydrogens is 378 g/mol. The van der Waals surface area contributed by atoms with Gasteiger partial charge < -0.3 is 5.73 Å². The molecule has 4 nitrogen and oxygen atoms in total. The molecule has 1 aliphatic carbocycles. The summed E-state index contributed by atoms with van der Waals surface area (Å²) in [5, 5.41) is 0.286. The first kappa shape index (κ1) is 19.3. The highest BCUT2D eigenvalue weighted by Gasteiger charge is 2.38. The quantitative estimate of drug-likeness (QED) is 0.820. The van der Waals surface area contributed by atoms with E-state index in [1.165, 1.54) is 12.1 Å². The van der Waals surface area contributed by atoms with Gasteiger partial charge in [0.2, 0.25) is 10.0 Å². The number of halogens is 4. The van der Waals surface area contributed by atoms with Crippen LogP contribution in [-0.4, -0.2) is 20.5 Å². The topological polar surface area (TPSA) is 72.2 Å². The molecule has 0 aliphatic heterocycles. The van der Waals surface area contributed by atoms with Crippen LogP contribution in [0.2, 0.25) is 15.1 Å². The van der Waals surface area contributed by atoms with Crippen molar-refractivity contribution >= 4 is 57.2 Å². The highest BCUT2D eigenvalue weighted by Crippen LogP contribution is 2.35. The molecule has 0 amide bonds. The number of benzene rings is 1. The van der Waals surface area contributed by atoms with Crippen LogP contribution in [-0.2, 0) is 10.0 Å². The Hall–Kier alpha value is 0.250. The zero-order valence-corrected chi connectivity index (χ0v) is 14.9. The maximum atomic E-state index is 12.5. The average molecular weight is 394 g/mol. The Morgan fingerprint density at radius 1 is 1.14 bits per heavy atom. The third-order valence-electron chi connectivity index (χ3n) is 3.53. The summed E-state index contributed by atoms with van der Waals surface area (Å²) in [7, 11) is -3.84. The fraction of sp³-hybridized carbons (Fsp3) is 0.500. The molecule has 0 radical (unpaired) electrons. The van der Waals surface area contributed by atoms with Crippen LogP contribution in [0.5, 0.6) is 0 Å². The van der Waals surface area contributed by atoms with Crippen molar-refractivity contribution in [2.24, 2.45) is 5.73 Å². The molecule has 120 valence electrons. The zero-order chi connectivity index (χ0) is 15.0. The Bertz CT molecular complexity index is 593. The number of rotatable bonds is 4. The van der Waals surface area contributed by atoms with Gasteiger partial charge in [-0.3, -0.25) is 0 Å². The van der Waals surface area contributed by atoms with Crippen molar-refractivity contribution < 1.29 is 8.42 Å². The summed E-state index contributed by atoms with van der Waals surface area (Å²) in [6, 6.07) is 2.71. The third kappa shape index (κ3) is 4.16. The summed E-state index contributed by atoms with van der Waals surface area (Å²) in [4.78, 5) is -0.148. The van der Waals surface area contributed by atoms with Crippen LogP contribution >= 0.6 is 47.2 Å². The fourth-order valence-corrected chi connectivity index (χ4v) is 5.54. The average Bonchev–Trinajstić information content (AvgIpc) is 2.75. The van der Waals surface area contributed by atoms with Crippen LogP contribution in [0.1, 0.15) is 25.7 Å². The summed E-state index contributed by atoms with van der Waals surface area (Å²) in [6.07, 6.45) is 3.32. The molecular formula is C12H16Cl4N2O2S. The van der Waals surface area contributed by atoms with E-state index in [-0.39, 0.29) is 38.9 Å². The van der Waals surface area contributed by atoms with Crippen LogP contribution < -0.4 is 10.5 Å². The van der Waals surface area contributed by atoms with Gasteiger partial charge in [-0.05, 0) is 25.0 Å². The smallest absolute Gasteiger partial charge is 0.244 e. The minimum Gasteiger partial charge on any atom is -0.329 e. The molecule has 0 heterocycles. The highest BCUT2D eigenvalue weighted by atomic mass is 35.5. The molecule has 9 heteroatoms. The van der Waals surface area contributed by atoms with Crippen molar-refractivity contribution in [3.8, 4) is 0 Å². The standard InChI is InChI=1S/C12H15Cl3N2O2S.ClH/c13-8-5-9(14)11(10(15)6-8)20(18,19)17-12(7-16)3-1-2-4-12;/h5-6,17H,1-4,7,16H2;1H. The fourth-order valence-electron chi connectivity index (χ4n) is 2.52. The molecule has 21 heavy (non-hydrogen) atoms. The van der Waals surface area contributed by atoms with Crippen LogP contribution in [0.3, 0.4) is 0 Å². The van der Waals surface area contributed by atoms with E-state index in [1.54, 1.807) is 0 Å². The highest BCUT2D eigenvalue weighted by molar-refractivity contribution is 7.89. The summed E-state index contributed by atoms with van der Waals surface area (Å²) < 4.78 is 27.7. The van der Waals surface area contributed by atoms with Crippen molar-refractivity contribution in [3.63, 3.8) is 0 Å². The second kappa shape index (κ2) is 7.21. The molecule has 1 aromatic rings. The van der Waals surface area contributed by atoms with Crippen LogP contribution in [0, 0.1) is 0 Å². The second-order valence-corrected chi connectivity index (χ2v) is 7.87. The first-order chi connectivity index (χ1) is 9.30. The van der Waals surface area contributed by atoms with E-state index in [9.17, 15) is 8.42 Å². The Kier molecular flexibility index (Phi) is 6.63. The second-order valence-electron chi connectivity index (χ2n) is 5.00. The third-order valence-corrected chi connectivity index (χ3v) is 6.25. The zero-order valence-electron chi connectivity index (χ0n) is 11.0. The Labute approximate surface area is 145 Å². The maximum Gasteiger partial charge on any atom is 0.244 e. The van der Waals surface area contributed by atoms with Crippen LogP contribution in [0.25, 0.3) is 0 Å². The van der Waals surface area contributed by atoms with Gasteiger partial charge in [0.1, 0.15) is 4.90 Å². The van der Waals surface area contributed by atoms with Gasteiger partial charge >= 0.3 is 0 Å². The van der Waals surface area contributed by atoms with Crippen molar-refractivity contribution in [3.05, 3.63) is 27.2 Å². The SMILES string of the molecule is Cl.NCC1(NS(=O)(=O)c2c(Cl)cc(Cl)cc2Cl)CCCC1. The molecule has 0 unspecified atom stereocenters. The van der Waals surface area contributed by atoms with Gasteiger partial charge in [-0.2, -0.15) is 0 Å². The number of nitrogens with two attached hydrogens (primary N) is 1. The molecule has 0 bridgehead atoms. The maximum absolute atomic E-state index is 12.5. The lowest BCUT2D eigenvalue weighted by Gasteiger charge is -2.28. The monoisotopic (exact) mass is 392 g/mol. The molecule has 0 aromatic heterocycles. The van der Waals surface area contributed by atoms with Crippen molar-refractivity contribution in [2.75, 3.05) is 6.54 Å². The van der Waals surface area contributed by atoms with Gasteiger partial charge in [-0.15, -0.1) is 12.4 Å². The number of hydrogen-bond donors (Lipinski definition) is 2. The summed E-state index contributed by atoms with van der Waals surface area (Å²) in [5.74, 6) is 0. The van der Waals surface area contributed by atoms with Gasteiger partial charge in [0, 0.05) is 17.1 Å². The van der Waals surface area contributed by atoms with Crippen LogP contribution in [0.15, 0.2) is 17.0 Å². The van der Waals surface area contributed by atoms with E-state index in [4.69, 9.17) is 40.5 Å². The van der Waals surface area contributed by atoms with E-state index in [0.717, 1.165) is 12.8 Å². The predicted molar refractivity (Wildman–Crippen MR) is 89.3 cm³/mol. The van der Waals surface area contributed by atoms with E-state index in [0.29, 0.717) is 12.8 Å².